The Labute approximate surface area is 103 Å². The van der Waals surface area contributed by atoms with Gasteiger partial charge in [-0.15, -0.1) is 0 Å². The fourth-order valence-corrected chi connectivity index (χ4v) is 2.04. The van der Waals surface area contributed by atoms with Crippen LogP contribution in [-0.4, -0.2) is 35.1 Å². The molecule has 2 N–H and O–H groups in total. The molecular weight excluding hydrogens is 253 g/mol. The highest BCUT2D eigenvalue weighted by Crippen LogP contribution is 2.23. The number of hydrogen-bond acceptors (Lipinski definition) is 2. The molecule has 0 radical (unpaired) electrons. The Bertz CT molecular complexity index is 306. The lowest BCUT2D eigenvalue weighted by Crippen LogP contribution is -2.43. The Balaban J connectivity index is 2.44. The number of carbonyl (C=O) groups is 1. The maximum Gasteiger partial charge on any atom is 0.389 e. The predicted octanol–water partition coefficient (Wildman–Crippen LogP) is 1.85. The summed E-state index contributed by atoms with van der Waals surface area (Å²) >= 11 is 4.84. The molecule has 7 heteroatoms. The standard InChI is InChI=1S/C10H15F3N2OS/c11-10(12,13)4-3-8(16)15-5-1-2-7(6-15)9(14)17/h7H,1-6H2,(H2,14,17). The van der Waals surface area contributed by atoms with Crippen LogP contribution in [-0.2, 0) is 4.79 Å². The number of nitrogens with two attached hydrogens (primary N) is 1. The van der Waals surface area contributed by atoms with Crippen LogP contribution in [0.3, 0.4) is 0 Å². The zero-order chi connectivity index (χ0) is 13.1. The molecule has 0 saturated carbocycles. The number of thiocarbonyl (C=S) groups is 1. The van der Waals surface area contributed by atoms with Gasteiger partial charge in [0.05, 0.1) is 11.4 Å². The van der Waals surface area contributed by atoms with E-state index < -0.39 is 24.9 Å². The summed E-state index contributed by atoms with van der Waals surface area (Å²) in [6.07, 6.45) is -4.31. The van der Waals surface area contributed by atoms with Crippen molar-refractivity contribution in [1.82, 2.24) is 4.90 Å². The van der Waals surface area contributed by atoms with Gasteiger partial charge in [-0.2, -0.15) is 13.2 Å². The molecule has 1 fully saturated rings. The number of nitrogens with zero attached hydrogens (tertiary/aromatic N) is 1. The summed E-state index contributed by atoms with van der Waals surface area (Å²) in [5, 5.41) is 0. The van der Waals surface area contributed by atoms with Crippen molar-refractivity contribution in [1.29, 1.82) is 0 Å². The minimum absolute atomic E-state index is 0.0615. The van der Waals surface area contributed by atoms with E-state index in [1.165, 1.54) is 4.90 Å². The minimum Gasteiger partial charge on any atom is -0.393 e. The van der Waals surface area contributed by atoms with E-state index in [1.807, 2.05) is 0 Å². The van der Waals surface area contributed by atoms with E-state index in [0.29, 0.717) is 18.1 Å². The topological polar surface area (TPSA) is 46.3 Å². The Morgan fingerprint density at radius 1 is 1.47 bits per heavy atom. The largest absolute Gasteiger partial charge is 0.393 e. The molecule has 0 aromatic rings. The number of rotatable bonds is 3. The molecule has 1 amide bonds. The van der Waals surface area contributed by atoms with Crippen molar-refractivity contribution in [3.05, 3.63) is 0 Å². The third kappa shape index (κ3) is 4.89. The molecule has 0 aliphatic carbocycles. The SMILES string of the molecule is NC(=S)C1CCCN(C(=O)CCC(F)(F)F)C1. The van der Waals surface area contributed by atoms with Gasteiger partial charge in [0.1, 0.15) is 0 Å². The molecule has 1 saturated heterocycles. The highest BCUT2D eigenvalue weighted by molar-refractivity contribution is 7.80. The maximum atomic E-state index is 12.0. The fourth-order valence-electron chi connectivity index (χ4n) is 1.84. The van der Waals surface area contributed by atoms with Gasteiger partial charge in [-0.05, 0) is 12.8 Å². The number of likely N-dealkylation sites (tertiary alicyclic amines) is 1. The lowest BCUT2D eigenvalue weighted by atomic mass is 9.98. The highest BCUT2D eigenvalue weighted by Gasteiger charge is 2.31. The van der Waals surface area contributed by atoms with E-state index in [9.17, 15) is 18.0 Å². The van der Waals surface area contributed by atoms with Gasteiger partial charge in [0.25, 0.3) is 0 Å². The van der Waals surface area contributed by atoms with Crippen LogP contribution >= 0.6 is 12.2 Å². The monoisotopic (exact) mass is 268 g/mol. The molecular formula is C10H15F3N2OS. The van der Waals surface area contributed by atoms with Crippen LogP contribution in [0.5, 0.6) is 0 Å². The molecule has 1 aliphatic rings. The normalized spacial score (nSPS) is 21.4. The number of amides is 1. The predicted molar refractivity (Wildman–Crippen MR) is 61.4 cm³/mol. The lowest BCUT2D eigenvalue weighted by Gasteiger charge is -2.32. The van der Waals surface area contributed by atoms with Crippen LogP contribution < -0.4 is 5.73 Å². The average molecular weight is 268 g/mol. The third-order valence-corrected chi connectivity index (χ3v) is 3.13. The van der Waals surface area contributed by atoms with E-state index in [4.69, 9.17) is 18.0 Å². The number of halogens is 3. The summed E-state index contributed by atoms with van der Waals surface area (Å²) in [6, 6.07) is 0. The molecule has 0 bridgehead atoms. The average Bonchev–Trinajstić information content (AvgIpc) is 2.25. The number of carbonyl (C=O) groups excluding carboxylic acids is 1. The third-order valence-electron chi connectivity index (χ3n) is 2.80. The van der Waals surface area contributed by atoms with Gasteiger partial charge in [-0.3, -0.25) is 4.79 Å². The van der Waals surface area contributed by atoms with E-state index >= 15 is 0 Å². The first-order chi connectivity index (χ1) is 7.79. The van der Waals surface area contributed by atoms with Gasteiger partial charge in [0, 0.05) is 25.4 Å². The lowest BCUT2D eigenvalue weighted by molar-refractivity contribution is -0.149. The molecule has 1 rings (SSSR count). The van der Waals surface area contributed by atoms with Gasteiger partial charge in [-0.25, -0.2) is 0 Å². The van der Waals surface area contributed by atoms with Gasteiger partial charge in [-0.1, -0.05) is 12.2 Å². The molecule has 1 atom stereocenters. The highest BCUT2D eigenvalue weighted by atomic mass is 32.1. The molecule has 0 spiro atoms. The van der Waals surface area contributed by atoms with Crippen molar-refractivity contribution < 1.29 is 18.0 Å². The zero-order valence-electron chi connectivity index (χ0n) is 9.29. The van der Waals surface area contributed by atoms with Crippen molar-refractivity contribution >= 4 is 23.1 Å². The van der Waals surface area contributed by atoms with Gasteiger partial charge in [0.2, 0.25) is 5.91 Å². The number of piperidine rings is 1. The Kier molecular flexibility index (Phi) is 4.73. The Hall–Kier alpha value is -0.850. The summed E-state index contributed by atoms with van der Waals surface area (Å²) in [4.78, 5) is 13.3. The van der Waals surface area contributed by atoms with Crippen LogP contribution in [0.1, 0.15) is 25.7 Å². The van der Waals surface area contributed by atoms with E-state index in [-0.39, 0.29) is 5.92 Å². The molecule has 0 aromatic carbocycles. The van der Waals surface area contributed by atoms with E-state index in [2.05, 4.69) is 0 Å². The van der Waals surface area contributed by atoms with Crippen molar-refractivity contribution in [2.24, 2.45) is 11.7 Å². The molecule has 1 heterocycles. The molecule has 1 unspecified atom stereocenters. The molecule has 3 nitrogen and oxygen atoms in total. The van der Waals surface area contributed by atoms with Crippen LogP contribution in [0, 0.1) is 5.92 Å². The van der Waals surface area contributed by atoms with E-state index in [1.54, 1.807) is 0 Å². The van der Waals surface area contributed by atoms with Gasteiger partial charge in [0.15, 0.2) is 0 Å². The molecule has 1 aliphatic heterocycles. The first kappa shape index (κ1) is 14.2. The van der Waals surface area contributed by atoms with Crippen LogP contribution in [0.2, 0.25) is 0 Å². The summed E-state index contributed by atoms with van der Waals surface area (Å²) in [5.41, 5.74) is 5.49. The smallest absolute Gasteiger partial charge is 0.389 e. The fraction of sp³-hybridized carbons (Fsp3) is 0.800. The van der Waals surface area contributed by atoms with Gasteiger partial charge >= 0.3 is 6.18 Å². The second kappa shape index (κ2) is 5.66. The summed E-state index contributed by atoms with van der Waals surface area (Å²) in [5.74, 6) is -0.531. The number of hydrogen-bond donors (Lipinski definition) is 1. The molecule has 98 valence electrons. The second-order valence-corrected chi connectivity index (χ2v) is 4.67. The van der Waals surface area contributed by atoms with Crippen LogP contribution in [0.15, 0.2) is 0 Å². The second-order valence-electron chi connectivity index (χ2n) is 4.20. The van der Waals surface area contributed by atoms with Gasteiger partial charge < -0.3 is 10.6 Å². The van der Waals surface area contributed by atoms with Crippen molar-refractivity contribution in [2.75, 3.05) is 13.1 Å². The quantitative estimate of drug-likeness (QED) is 0.795. The van der Waals surface area contributed by atoms with E-state index in [0.717, 1.165) is 12.8 Å². The summed E-state index contributed by atoms with van der Waals surface area (Å²) in [6.45, 7) is 0.849. The number of alkyl halides is 3. The first-order valence-electron chi connectivity index (χ1n) is 5.43. The first-order valence-corrected chi connectivity index (χ1v) is 5.84. The minimum atomic E-state index is -4.28. The summed E-state index contributed by atoms with van der Waals surface area (Å²) in [7, 11) is 0. The zero-order valence-corrected chi connectivity index (χ0v) is 10.1. The van der Waals surface area contributed by atoms with Crippen molar-refractivity contribution in [2.45, 2.75) is 31.9 Å². The maximum absolute atomic E-state index is 12.0. The summed E-state index contributed by atoms with van der Waals surface area (Å²) < 4.78 is 35.9. The molecule has 0 aromatic heterocycles. The van der Waals surface area contributed by atoms with Crippen molar-refractivity contribution in [3.63, 3.8) is 0 Å². The van der Waals surface area contributed by atoms with Crippen LogP contribution in [0.25, 0.3) is 0 Å². The Morgan fingerprint density at radius 3 is 2.65 bits per heavy atom. The van der Waals surface area contributed by atoms with Crippen LogP contribution in [0.4, 0.5) is 13.2 Å². The molecule has 17 heavy (non-hydrogen) atoms. The van der Waals surface area contributed by atoms with Crippen molar-refractivity contribution in [3.8, 4) is 0 Å². The Morgan fingerprint density at radius 2 is 2.12 bits per heavy atom.